The number of amides is 2. The second-order valence-corrected chi connectivity index (χ2v) is 5.66. The molecular formula is C15H19NO3. The predicted molar refractivity (Wildman–Crippen MR) is 71.3 cm³/mol. The highest BCUT2D eigenvalue weighted by Crippen LogP contribution is 2.33. The van der Waals surface area contributed by atoms with Crippen LogP contribution in [0.25, 0.3) is 0 Å². The van der Waals surface area contributed by atoms with Crippen LogP contribution < -0.4 is 0 Å². The van der Waals surface area contributed by atoms with Gasteiger partial charge in [-0.25, -0.2) is 0 Å². The molecule has 1 N–H and O–H groups in total. The molecular weight excluding hydrogens is 242 g/mol. The van der Waals surface area contributed by atoms with Gasteiger partial charge in [-0.1, -0.05) is 44.2 Å². The summed E-state index contributed by atoms with van der Waals surface area (Å²) in [5.41, 5.74) is 0.355. The lowest BCUT2D eigenvalue weighted by molar-refractivity contribution is -0.144. The molecule has 1 atom stereocenters. The number of benzene rings is 1. The van der Waals surface area contributed by atoms with Gasteiger partial charge in [0, 0.05) is 6.42 Å². The average molecular weight is 261 g/mol. The van der Waals surface area contributed by atoms with Crippen LogP contribution in [-0.4, -0.2) is 34.5 Å². The van der Waals surface area contributed by atoms with Gasteiger partial charge in [-0.05, 0) is 12.0 Å². The number of rotatable bonds is 4. The van der Waals surface area contributed by atoms with E-state index in [0.29, 0.717) is 6.42 Å². The Kier molecular flexibility index (Phi) is 3.71. The van der Waals surface area contributed by atoms with E-state index in [1.807, 2.05) is 30.3 Å². The summed E-state index contributed by atoms with van der Waals surface area (Å²) in [5, 5.41) is 9.51. The fraction of sp³-hybridized carbons (Fsp3) is 0.467. The largest absolute Gasteiger partial charge is 0.394 e. The lowest BCUT2D eigenvalue weighted by Gasteiger charge is -2.26. The number of aliphatic hydroxyl groups excluding tert-OH is 1. The van der Waals surface area contributed by atoms with E-state index in [0.717, 1.165) is 5.56 Å². The van der Waals surface area contributed by atoms with Gasteiger partial charge in [0.15, 0.2) is 0 Å². The number of likely N-dealkylation sites (tertiary alicyclic amines) is 1. The predicted octanol–water partition coefficient (Wildman–Crippen LogP) is 1.38. The summed E-state index contributed by atoms with van der Waals surface area (Å²) < 4.78 is 0. The minimum atomic E-state index is -0.652. The highest BCUT2D eigenvalue weighted by Gasteiger charge is 2.47. The Labute approximate surface area is 113 Å². The van der Waals surface area contributed by atoms with Gasteiger partial charge in [0.2, 0.25) is 11.8 Å². The van der Waals surface area contributed by atoms with Crippen molar-refractivity contribution in [3.63, 3.8) is 0 Å². The second-order valence-electron chi connectivity index (χ2n) is 5.66. The normalized spacial score (nSPS) is 19.8. The first-order valence-electron chi connectivity index (χ1n) is 6.47. The first-order valence-corrected chi connectivity index (χ1v) is 6.47. The monoisotopic (exact) mass is 261 g/mol. The third-order valence-corrected chi connectivity index (χ3v) is 3.55. The summed E-state index contributed by atoms with van der Waals surface area (Å²) in [4.78, 5) is 25.4. The van der Waals surface area contributed by atoms with Gasteiger partial charge < -0.3 is 5.11 Å². The van der Waals surface area contributed by atoms with Gasteiger partial charge >= 0.3 is 0 Å². The van der Waals surface area contributed by atoms with E-state index in [4.69, 9.17) is 0 Å². The molecule has 4 heteroatoms. The minimum Gasteiger partial charge on any atom is -0.394 e. The highest BCUT2D eigenvalue weighted by molar-refractivity contribution is 6.05. The smallest absolute Gasteiger partial charge is 0.235 e. The van der Waals surface area contributed by atoms with Crippen LogP contribution in [0.5, 0.6) is 0 Å². The van der Waals surface area contributed by atoms with Crippen LogP contribution in [0.2, 0.25) is 0 Å². The number of hydrogen-bond donors (Lipinski definition) is 1. The lowest BCUT2D eigenvalue weighted by Crippen LogP contribution is -2.44. The third kappa shape index (κ3) is 2.68. The Morgan fingerprint density at radius 3 is 2.37 bits per heavy atom. The van der Waals surface area contributed by atoms with Crippen LogP contribution in [-0.2, 0) is 16.0 Å². The van der Waals surface area contributed by atoms with Crippen molar-refractivity contribution in [1.29, 1.82) is 0 Å². The summed E-state index contributed by atoms with van der Waals surface area (Å²) in [6.07, 6.45) is 0.710. The summed E-state index contributed by atoms with van der Waals surface area (Å²) in [5.74, 6) is -0.377. The number of nitrogens with zero attached hydrogens (tertiary/aromatic N) is 1. The summed E-state index contributed by atoms with van der Waals surface area (Å²) in [6.45, 7) is 3.33. The van der Waals surface area contributed by atoms with Crippen LogP contribution in [0, 0.1) is 5.41 Å². The first-order chi connectivity index (χ1) is 8.95. The maximum Gasteiger partial charge on any atom is 0.235 e. The molecule has 0 spiro atoms. The van der Waals surface area contributed by atoms with E-state index in [-0.39, 0.29) is 24.8 Å². The standard InChI is InChI=1S/C15H19NO3/c1-15(2)9-13(18)16(14(15)19)12(10-17)8-11-6-4-3-5-7-11/h3-7,12,17H,8-10H2,1-2H3/t12-/m1/s1. The highest BCUT2D eigenvalue weighted by atomic mass is 16.3. The maximum absolute atomic E-state index is 12.2. The van der Waals surface area contributed by atoms with Gasteiger partial charge in [0.25, 0.3) is 0 Å². The molecule has 1 aromatic carbocycles. The van der Waals surface area contributed by atoms with Crippen LogP contribution >= 0.6 is 0 Å². The molecule has 1 aliphatic rings. The van der Waals surface area contributed by atoms with Gasteiger partial charge in [-0.15, -0.1) is 0 Å². The zero-order valence-electron chi connectivity index (χ0n) is 11.3. The van der Waals surface area contributed by atoms with E-state index >= 15 is 0 Å². The molecule has 1 saturated heterocycles. The zero-order chi connectivity index (χ0) is 14.0. The van der Waals surface area contributed by atoms with Crippen molar-refractivity contribution in [2.45, 2.75) is 32.7 Å². The second kappa shape index (κ2) is 5.13. The SMILES string of the molecule is CC1(C)CC(=O)N([C@@H](CO)Cc2ccccc2)C1=O. The van der Waals surface area contributed by atoms with Crippen molar-refractivity contribution >= 4 is 11.8 Å². The van der Waals surface area contributed by atoms with Crippen molar-refractivity contribution in [1.82, 2.24) is 4.90 Å². The molecule has 4 nitrogen and oxygen atoms in total. The Morgan fingerprint density at radius 2 is 1.89 bits per heavy atom. The minimum absolute atomic E-state index is 0.188. The van der Waals surface area contributed by atoms with E-state index < -0.39 is 11.5 Å². The first kappa shape index (κ1) is 13.7. The lowest BCUT2D eigenvalue weighted by atomic mass is 9.92. The molecule has 1 fully saturated rings. The zero-order valence-corrected chi connectivity index (χ0v) is 11.3. The summed E-state index contributed by atoms with van der Waals surface area (Å²) in [6, 6.07) is 9.11. The molecule has 0 aromatic heterocycles. The molecule has 0 bridgehead atoms. The van der Waals surface area contributed by atoms with Gasteiger partial charge in [0.1, 0.15) is 0 Å². The van der Waals surface area contributed by atoms with E-state index in [1.54, 1.807) is 13.8 Å². The molecule has 102 valence electrons. The van der Waals surface area contributed by atoms with Gasteiger partial charge in [-0.3, -0.25) is 14.5 Å². The molecule has 0 saturated carbocycles. The summed E-state index contributed by atoms with van der Waals surface area (Å²) in [7, 11) is 0. The number of hydrogen-bond acceptors (Lipinski definition) is 3. The van der Waals surface area contributed by atoms with Crippen molar-refractivity contribution in [2.24, 2.45) is 5.41 Å². The van der Waals surface area contributed by atoms with E-state index in [9.17, 15) is 14.7 Å². The molecule has 2 amide bonds. The Hall–Kier alpha value is -1.68. The molecule has 0 aliphatic carbocycles. The Balaban J connectivity index is 2.19. The topological polar surface area (TPSA) is 57.6 Å². The van der Waals surface area contributed by atoms with E-state index in [1.165, 1.54) is 4.90 Å². The number of carbonyl (C=O) groups is 2. The fourth-order valence-electron chi connectivity index (χ4n) is 2.47. The molecule has 0 unspecified atom stereocenters. The fourth-order valence-corrected chi connectivity index (χ4v) is 2.47. The van der Waals surface area contributed by atoms with E-state index in [2.05, 4.69) is 0 Å². The maximum atomic E-state index is 12.2. The summed E-state index contributed by atoms with van der Waals surface area (Å²) >= 11 is 0. The Bertz CT molecular complexity index is 481. The number of imide groups is 1. The molecule has 1 heterocycles. The van der Waals surface area contributed by atoms with Crippen LogP contribution in [0.4, 0.5) is 0 Å². The van der Waals surface area contributed by atoms with Gasteiger partial charge in [-0.2, -0.15) is 0 Å². The van der Waals surface area contributed by atoms with Crippen molar-refractivity contribution < 1.29 is 14.7 Å². The van der Waals surface area contributed by atoms with Crippen molar-refractivity contribution in [2.75, 3.05) is 6.61 Å². The molecule has 0 radical (unpaired) electrons. The molecule has 1 aliphatic heterocycles. The molecule has 19 heavy (non-hydrogen) atoms. The van der Waals surface area contributed by atoms with Crippen LogP contribution in [0.1, 0.15) is 25.8 Å². The van der Waals surface area contributed by atoms with Crippen LogP contribution in [0.3, 0.4) is 0 Å². The third-order valence-electron chi connectivity index (χ3n) is 3.55. The number of carbonyl (C=O) groups excluding carboxylic acids is 2. The van der Waals surface area contributed by atoms with Crippen molar-refractivity contribution in [3.8, 4) is 0 Å². The molecule has 1 aromatic rings. The van der Waals surface area contributed by atoms with Gasteiger partial charge in [0.05, 0.1) is 18.1 Å². The quantitative estimate of drug-likeness (QED) is 0.833. The van der Waals surface area contributed by atoms with Crippen LogP contribution in [0.15, 0.2) is 30.3 Å². The average Bonchev–Trinajstić information content (AvgIpc) is 2.57. The Morgan fingerprint density at radius 1 is 1.26 bits per heavy atom. The number of aliphatic hydroxyl groups is 1. The van der Waals surface area contributed by atoms with Crippen molar-refractivity contribution in [3.05, 3.63) is 35.9 Å². The molecule has 2 rings (SSSR count).